The number of carbonyl (C=O) groups excluding carboxylic acids is 1. The van der Waals surface area contributed by atoms with E-state index in [4.69, 9.17) is 23.5 Å². The molecule has 1 rings (SSSR count). The lowest BCUT2D eigenvalue weighted by atomic mass is 9.99. The first-order chi connectivity index (χ1) is 29.1. The Morgan fingerprint density at radius 3 is 1.60 bits per heavy atom. The number of unbranched alkanes of at least 4 members (excludes halogenated alkanes) is 22. The Kier molecular flexibility index (Phi) is 36.6. The Bertz CT molecular complexity index is 1190. The van der Waals surface area contributed by atoms with Crippen LogP contribution in [0.25, 0.3) is 0 Å². The maximum atomic E-state index is 12.8. The second-order valence-corrected chi connectivity index (χ2v) is 17.4. The third-order valence-corrected chi connectivity index (χ3v) is 11.2. The summed E-state index contributed by atoms with van der Waals surface area (Å²) in [4.78, 5) is 12.8. The lowest BCUT2D eigenvalue weighted by Crippen LogP contribution is -2.60. The van der Waals surface area contributed by atoms with E-state index in [0.717, 1.165) is 57.8 Å². The molecular weight excluding hydrogens is 789 g/mol. The van der Waals surface area contributed by atoms with Crippen LogP contribution in [0.15, 0.2) is 36.5 Å². The highest BCUT2D eigenvalue weighted by Crippen LogP contribution is 2.26. The lowest BCUT2D eigenvalue weighted by molar-refractivity contribution is -0.301. The van der Waals surface area contributed by atoms with Gasteiger partial charge in [-0.2, -0.15) is 8.42 Å². The van der Waals surface area contributed by atoms with Gasteiger partial charge in [0, 0.05) is 13.0 Å². The fraction of sp³-hybridized carbons (Fsp3) is 0.851. The molecule has 1 heterocycles. The van der Waals surface area contributed by atoms with Gasteiger partial charge in [0.1, 0.15) is 30.5 Å². The Labute approximate surface area is 364 Å². The van der Waals surface area contributed by atoms with Crippen LogP contribution in [0.1, 0.15) is 194 Å². The second kappa shape index (κ2) is 39.0. The van der Waals surface area contributed by atoms with Crippen molar-refractivity contribution in [1.82, 2.24) is 0 Å². The van der Waals surface area contributed by atoms with Crippen molar-refractivity contribution in [1.29, 1.82) is 0 Å². The molecule has 1 fully saturated rings. The van der Waals surface area contributed by atoms with Crippen LogP contribution in [-0.2, 0) is 38.3 Å². The van der Waals surface area contributed by atoms with E-state index in [1.807, 2.05) is 0 Å². The summed E-state index contributed by atoms with van der Waals surface area (Å²) in [7, 11) is -5.06. The van der Waals surface area contributed by atoms with Crippen molar-refractivity contribution >= 4 is 16.4 Å². The van der Waals surface area contributed by atoms with E-state index in [1.165, 1.54) is 109 Å². The predicted molar refractivity (Wildman–Crippen MR) is 239 cm³/mol. The minimum atomic E-state index is -5.06. The number of aliphatic hydroxyl groups excluding tert-OH is 3. The highest BCUT2D eigenvalue weighted by Gasteiger charge is 2.48. The van der Waals surface area contributed by atoms with Gasteiger partial charge in [-0.05, 0) is 51.4 Å². The SMILES string of the molecule is CCCCCCC/C=C\C/C=C\C/C=C\CCCCCCCCCOCC(COC1OC(CO)C(O)C(OS(=O)(=O)O)C1O)OC(=O)CCCCCCCCCCCCC. The van der Waals surface area contributed by atoms with Gasteiger partial charge in [-0.15, -0.1) is 0 Å². The highest BCUT2D eigenvalue weighted by molar-refractivity contribution is 7.80. The van der Waals surface area contributed by atoms with Crippen LogP contribution in [0.2, 0.25) is 0 Å². The molecule has 0 radical (unpaired) electrons. The molecule has 12 nitrogen and oxygen atoms in total. The fourth-order valence-electron chi connectivity index (χ4n) is 7.15. The van der Waals surface area contributed by atoms with Crippen molar-refractivity contribution in [3.8, 4) is 0 Å². The third-order valence-electron chi connectivity index (χ3n) is 10.8. The van der Waals surface area contributed by atoms with E-state index in [1.54, 1.807) is 0 Å². The van der Waals surface area contributed by atoms with Gasteiger partial charge >= 0.3 is 16.4 Å². The van der Waals surface area contributed by atoms with Crippen LogP contribution >= 0.6 is 0 Å². The molecule has 1 aliphatic rings. The zero-order chi connectivity index (χ0) is 43.9. The molecule has 0 saturated carbocycles. The molecule has 0 bridgehead atoms. The topological polar surface area (TPSA) is 178 Å². The van der Waals surface area contributed by atoms with Crippen LogP contribution in [-0.4, -0.2) is 97.5 Å². The van der Waals surface area contributed by atoms with Crippen LogP contribution < -0.4 is 0 Å². The molecule has 0 amide bonds. The predicted octanol–water partition coefficient (Wildman–Crippen LogP) is 10.2. The molecule has 1 saturated heterocycles. The van der Waals surface area contributed by atoms with Gasteiger partial charge in [0.15, 0.2) is 6.29 Å². The van der Waals surface area contributed by atoms with Crippen LogP contribution in [0.3, 0.4) is 0 Å². The summed E-state index contributed by atoms with van der Waals surface area (Å²) >= 11 is 0. The molecule has 60 heavy (non-hydrogen) atoms. The molecule has 0 aromatic carbocycles. The lowest BCUT2D eigenvalue weighted by Gasteiger charge is -2.41. The van der Waals surface area contributed by atoms with E-state index in [-0.39, 0.29) is 19.6 Å². The van der Waals surface area contributed by atoms with Gasteiger partial charge in [-0.1, -0.05) is 172 Å². The monoisotopic (exact) mass is 875 g/mol. The summed E-state index contributed by atoms with van der Waals surface area (Å²) in [5, 5.41) is 30.6. The first-order valence-corrected chi connectivity index (χ1v) is 25.1. The Balaban J connectivity index is 2.37. The van der Waals surface area contributed by atoms with Crippen molar-refractivity contribution < 1.29 is 56.2 Å². The number of aliphatic hydroxyl groups is 3. The molecule has 0 aliphatic carbocycles. The van der Waals surface area contributed by atoms with Crippen LogP contribution in [0.5, 0.6) is 0 Å². The zero-order valence-electron chi connectivity index (χ0n) is 37.5. The molecule has 0 aromatic rings. The van der Waals surface area contributed by atoms with Gasteiger partial charge in [0.05, 0.1) is 19.8 Å². The minimum Gasteiger partial charge on any atom is -0.457 e. The van der Waals surface area contributed by atoms with E-state index < -0.39 is 59.8 Å². The van der Waals surface area contributed by atoms with Gasteiger partial charge in [-0.3, -0.25) is 9.35 Å². The Morgan fingerprint density at radius 2 is 1.10 bits per heavy atom. The maximum absolute atomic E-state index is 12.8. The van der Waals surface area contributed by atoms with Gasteiger partial charge in [-0.25, -0.2) is 4.18 Å². The molecule has 0 spiro atoms. The summed E-state index contributed by atoms with van der Waals surface area (Å²) < 4.78 is 59.0. The summed E-state index contributed by atoms with van der Waals surface area (Å²) in [5.41, 5.74) is 0. The molecule has 6 unspecified atom stereocenters. The number of hydrogen-bond donors (Lipinski definition) is 4. The Morgan fingerprint density at radius 1 is 0.633 bits per heavy atom. The zero-order valence-corrected chi connectivity index (χ0v) is 38.3. The third kappa shape index (κ3) is 32.1. The number of rotatable bonds is 41. The van der Waals surface area contributed by atoms with E-state index in [9.17, 15) is 28.5 Å². The number of hydrogen-bond acceptors (Lipinski definition) is 11. The smallest absolute Gasteiger partial charge is 0.397 e. The van der Waals surface area contributed by atoms with Crippen LogP contribution in [0, 0.1) is 0 Å². The molecule has 4 N–H and O–H groups in total. The van der Waals surface area contributed by atoms with Crippen molar-refractivity contribution in [3.63, 3.8) is 0 Å². The standard InChI is InChI=1S/C47H86O12S/c1-3-5-7-9-11-13-15-16-17-18-19-20-21-22-23-24-25-27-29-31-33-35-37-55-39-41(57-43(49)36-34-32-30-28-26-14-12-10-8-6-4-2)40-56-47-45(51)46(59-60(52,53)54)44(50)42(38-48)58-47/h15-16,18-19,21-22,41-42,44-48,50-51H,3-14,17,20,23-40H2,1-2H3,(H,52,53,54)/b16-15-,19-18-,22-21-. The minimum absolute atomic E-state index is 0.0312. The fourth-order valence-corrected chi connectivity index (χ4v) is 7.66. The molecule has 1 aliphatic heterocycles. The highest BCUT2D eigenvalue weighted by atomic mass is 32.3. The molecule has 6 atom stereocenters. The van der Waals surface area contributed by atoms with E-state index in [0.29, 0.717) is 13.0 Å². The molecule has 0 aromatic heterocycles. The summed E-state index contributed by atoms with van der Waals surface area (Å²) in [5.74, 6) is -0.404. The summed E-state index contributed by atoms with van der Waals surface area (Å²) in [6.07, 6.45) is 36.1. The first-order valence-electron chi connectivity index (χ1n) is 23.7. The van der Waals surface area contributed by atoms with Crippen molar-refractivity contribution in [3.05, 3.63) is 36.5 Å². The number of carbonyl (C=O) groups is 1. The normalized spacial score (nSPS) is 20.5. The average molecular weight is 875 g/mol. The molecule has 13 heteroatoms. The van der Waals surface area contributed by atoms with Gasteiger partial charge < -0.3 is 34.3 Å². The molecule has 352 valence electrons. The Hall–Kier alpha value is -1.68. The van der Waals surface area contributed by atoms with Gasteiger partial charge in [0.2, 0.25) is 0 Å². The quantitative estimate of drug-likeness (QED) is 0.0198. The number of esters is 1. The number of ether oxygens (including phenoxy) is 4. The van der Waals surface area contributed by atoms with Crippen molar-refractivity contribution in [2.75, 3.05) is 26.4 Å². The number of allylic oxidation sites excluding steroid dienone is 6. The summed E-state index contributed by atoms with van der Waals surface area (Å²) in [6.45, 7) is 3.95. The van der Waals surface area contributed by atoms with E-state index in [2.05, 4.69) is 54.5 Å². The van der Waals surface area contributed by atoms with Crippen LogP contribution in [0.4, 0.5) is 0 Å². The summed E-state index contributed by atoms with van der Waals surface area (Å²) in [6, 6.07) is 0. The van der Waals surface area contributed by atoms with Crippen molar-refractivity contribution in [2.45, 2.75) is 230 Å². The van der Waals surface area contributed by atoms with E-state index >= 15 is 0 Å². The molecular formula is C47H86O12S. The maximum Gasteiger partial charge on any atom is 0.397 e. The van der Waals surface area contributed by atoms with Crippen molar-refractivity contribution in [2.24, 2.45) is 0 Å². The second-order valence-electron chi connectivity index (χ2n) is 16.4. The first kappa shape index (κ1) is 56.3. The van der Waals surface area contributed by atoms with Gasteiger partial charge in [0.25, 0.3) is 0 Å². The average Bonchev–Trinajstić information content (AvgIpc) is 3.22. The largest absolute Gasteiger partial charge is 0.457 e.